The second-order valence-electron chi connectivity index (χ2n) is 6.83. The Morgan fingerprint density at radius 3 is 1.80 bits per heavy atom. The molecule has 0 unspecified atom stereocenters. The van der Waals surface area contributed by atoms with E-state index in [1.165, 1.54) is 6.26 Å². The molecule has 6 nitrogen and oxygen atoms in total. The molecule has 1 aromatic carbocycles. The first-order chi connectivity index (χ1) is 14.5. The normalized spacial score (nSPS) is 11.4. The summed E-state index contributed by atoms with van der Waals surface area (Å²) in [5.41, 5.74) is 3.43. The average molecular weight is 417 g/mol. The van der Waals surface area contributed by atoms with Gasteiger partial charge in [-0.1, -0.05) is 18.2 Å². The van der Waals surface area contributed by atoms with Crippen LogP contribution in [0, 0.1) is 0 Å². The molecule has 30 heavy (non-hydrogen) atoms. The van der Waals surface area contributed by atoms with E-state index in [1.807, 2.05) is 42.5 Å². The molecule has 0 amide bonds. The van der Waals surface area contributed by atoms with Crippen molar-refractivity contribution >= 4 is 21.2 Å². The van der Waals surface area contributed by atoms with Crippen LogP contribution < -0.4 is 4.90 Å². The maximum atomic E-state index is 12.2. The van der Waals surface area contributed by atoms with Crippen molar-refractivity contribution < 1.29 is 8.42 Å². The number of pyridine rings is 3. The van der Waals surface area contributed by atoms with E-state index in [0.29, 0.717) is 0 Å². The van der Waals surface area contributed by atoms with Crippen molar-refractivity contribution in [3.05, 3.63) is 109 Å². The third kappa shape index (κ3) is 4.21. The zero-order chi connectivity index (χ0) is 21.0. The number of aromatic nitrogens is 3. The van der Waals surface area contributed by atoms with Gasteiger partial charge in [-0.2, -0.15) is 0 Å². The van der Waals surface area contributed by atoms with Crippen LogP contribution in [-0.4, -0.2) is 29.6 Å². The van der Waals surface area contributed by atoms with E-state index in [2.05, 4.69) is 19.9 Å². The van der Waals surface area contributed by atoms with Crippen LogP contribution in [0.2, 0.25) is 0 Å². The van der Waals surface area contributed by atoms with Crippen LogP contribution in [0.4, 0.5) is 11.4 Å². The molecule has 3 aromatic heterocycles. The standard InChI is InChI=1S/C23H20N4O2S/c1-30(28,29)22-10-2-8-20(14-22)27(21-9-5-13-26-17-21)23(18-6-3-11-24-15-18)19-7-4-12-25-16-19/h2-17,23H,1H3. The van der Waals surface area contributed by atoms with Crippen molar-refractivity contribution in [2.45, 2.75) is 10.9 Å². The lowest BCUT2D eigenvalue weighted by Crippen LogP contribution is -2.25. The summed E-state index contributed by atoms with van der Waals surface area (Å²) in [6.45, 7) is 0. The van der Waals surface area contributed by atoms with Crippen LogP contribution >= 0.6 is 0 Å². The summed E-state index contributed by atoms with van der Waals surface area (Å²) >= 11 is 0. The van der Waals surface area contributed by atoms with Crippen molar-refractivity contribution in [3.8, 4) is 0 Å². The number of nitrogens with zero attached hydrogens (tertiary/aromatic N) is 4. The fourth-order valence-corrected chi connectivity index (χ4v) is 4.03. The van der Waals surface area contributed by atoms with Crippen LogP contribution in [0.5, 0.6) is 0 Å². The Balaban J connectivity index is 1.97. The molecule has 4 rings (SSSR count). The lowest BCUT2D eigenvalue weighted by molar-refractivity contribution is 0.602. The predicted octanol–water partition coefficient (Wildman–Crippen LogP) is 4.20. The van der Waals surface area contributed by atoms with Crippen LogP contribution in [0.1, 0.15) is 17.2 Å². The molecule has 0 aliphatic heterocycles. The first-order valence-corrected chi connectivity index (χ1v) is 11.2. The molecule has 0 radical (unpaired) electrons. The van der Waals surface area contributed by atoms with Gasteiger partial charge in [-0.25, -0.2) is 8.42 Å². The summed E-state index contributed by atoms with van der Waals surface area (Å²) in [5, 5.41) is 0. The van der Waals surface area contributed by atoms with Crippen molar-refractivity contribution in [2.24, 2.45) is 0 Å². The molecule has 0 fully saturated rings. The molecular weight excluding hydrogens is 396 g/mol. The predicted molar refractivity (Wildman–Crippen MR) is 116 cm³/mol. The molecule has 7 heteroatoms. The first kappa shape index (κ1) is 19.7. The Bertz CT molecular complexity index is 1180. The zero-order valence-electron chi connectivity index (χ0n) is 16.3. The molecule has 0 aliphatic carbocycles. The minimum atomic E-state index is -3.36. The van der Waals surface area contributed by atoms with Gasteiger partial charge in [-0.15, -0.1) is 0 Å². The zero-order valence-corrected chi connectivity index (χ0v) is 17.1. The van der Waals surface area contributed by atoms with E-state index in [1.54, 1.807) is 55.4 Å². The smallest absolute Gasteiger partial charge is 0.175 e. The highest BCUT2D eigenvalue weighted by atomic mass is 32.2. The van der Waals surface area contributed by atoms with Gasteiger partial charge in [0.15, 0.2) is 9.84 Å². The van der Waals surface area contributed by atoms with Gasteiger partial charge in [0.05, 0.1) is 22.8 Å². The third-order valence-electron chi connectivity index (χ3n) is 4.71. The fraction of sp³-hybridized carbons (Fsp3) is 0.0870. The lowest BCUT2D eigenvalue weighted by atomic mass is 9.98. The Labute approximate surface area is 175 Å². The molecule has 0 N–H and O–H groups in total. The molecule has 0 spiro atoms. The third-order valence-corrected chi connectivity index (χ3v) is 5.82. The van der Waals surface area contributed by atoms with Crippen molar-refractivity contribution in [1.82, 2.24) is 15.0 Å². The number of rotatable bonds is 6. The van der Waals surface area contributed by atoms with Crippen LogP contribution in [0.3, 0.4) is 0 Å². The van der Waals surface area contributed by atoms with Crippen molar-refractivity contribution in [3.63, 3.8) is 0 Å². The van der Waals surface area contributed by atoms with Gasteiger partial charge < -0.3 is 4.90 Å². The maximum Gasteiger partial charge on any atom is 0.175 e. The second-order valence-corrected chi connectivity index (χ2v) is 8.84. The number of hydrogen-bond donors (Lipinski definition) is 0. The second kappa shape index (κ2) is 8.42. The maximum absolute atomic E-state index is 12.2. The molecule has 0 aliphatic rings. The van der Waals surface area contributed by atoms with Crippen molar-refractivity contribution in [2.75, 3.05) is 11.2 Å². The van der Waals surface area contributed by atoms with Gasteiger partial charge in [0.1, 0.15) is 0 Å². The number of hydrogen-bond acceptors (Lipinski definition) is 6. The van der Waals surface area contributed by atoms with E-state index < -0.39 is 9.84 Å². The van der Waals surface area contributed by atoms with Crippen LogP contribution in [0.25, 0.3) is 0 Å². The summed E-state index contributed by atoms with van der Waals surface area (Å²) in [4.78, 5) is 15.2. The molecular formula is C23H20N4O2S. The molecule has 3 heterocycles. The minimum Gasteiger partial charge on any atom is -0.328 e. The van der Waals surface area contributed by atoms with Crippen molar-refractivity contribution in [1.29, 1.82) is 0 Å². The molecule has 0 saturated carbocycles. The Morgan fingerprint density at radius 2 is 1.30 bits per heavy atom. The molecule has 0 saturated heterocycles. The molecule has 4 aromatic rings. The van der Waals surface area contributed by atoms with Gasteiger partial charge in [0, 0.05) is 42.9 Å². The quantitative estimate of drug-likeness (QED) is 0.469. The van der Waals surface area contributed by atoms with E-state index in [9.17, 15) is 8.42 Å². The summed E-state index contributed by atoms with van der Waals surface area (Å²) in [5.74, 6) is 0. The summed E-state index contributed by atoms with van der Waals surface area (Å²) in [6, 6.07) is 18.2. The highest BCUT2D eigenvalue weighted by Crippen LogP contribution is 2.39. The highest BCUT2D eigenvalue weighted by molar-refractivity contribution is 7.90. The fourth-order valence-electron chi connectivity index (χ4n) is 3.37. The number of anilines is 2. The topological polar surface area (TPSA) is 76.1 Å². The Morgan fingerprint density at radius 1 is 0.733 bits per heavy atom. The Hall–Kier alpha value is -3.58. The SMILES string of the molecule is CS(=O)(=O)c1cccc(N(c2cccnc2)C(c2cccnc2)c2cccnc2)c1. The van der Waals surface area contributed by atoms with Crippen LogP contribution in [0.15, 0.2) is 103 Å². The number of benzene rings is 1. The lowest BCUT2D eigenvalue weighted by Gasteiger charge is -2.34. The van der Waals surface area contributed by atoms with Gasteiger partial charge in [-0.3, -0.25) is 15.0 Å². The summed E-state index contributed by atoms with van der Waals surface area (Å²) < 4.78 is 24.4. The summed E-state index contributed by atoms with van der Waals surface area (Å²) in [7, 11) is -3.36. The minimum absolute atomic E-state index is 0.255. The van der Waals surface area contributed by atoms with Gasteiger partial charge in [-0.05, 0) is 53.6 Å². The van der Waals surface area contributed by atoms with Gasteiger partial charge in [0.2, 0.25) is 0 Å². The van der Waals surface area contributed by atoms with E-state index in [-0.39, 0.29) is 10.9 Å². The van der Waals surface area contributed by atoms with E-state index >= 15 is 0 Å². The van der Waals surface area contributed by atoms with E-state index in [4.69, 9.17) is 0 Å². The van der Waals surface area contributed by atoms with Gasteiger partial charge >= 0.3 is 0 Å². The monoisotopic (exact) mass is 416 g/mol. The molecule has 0 bridgehead atoms. The van der Waals surface area contributed by atoms with E-state index in [0.717, 1.165) is 22.5 Å². The average Bonchev–Trinajstić information content (AvgIpc) is 2.78. The molecule has 0 atom stereocenters. The summed E-state index contributed by atoms with van der Waals surface area (Å²) in [6.07, 6.45) is 11.7. The largest absolute Gasteiger partial charge is 0.328 e. The Kier molecular flexibility index (Phi) is 5.54. The van der Waals surface area contributed by atoms with Gasteiger partial charge in [0.25, 0.3) is 0 Å². The number of sulfone groups is 1. The molecule has 150 valence electrons. The van der Waals surface area contributed by atoms with Crippen LogP contribution in [-0.2, 0) is 9.84 Å². The highest BCUT2D eigenvalue weighted by Gasteiger charge is 2.26. The first-order valence-electron chi connectivity index (χ1n) is 9.33.